The van der Waals surface area contributed by atoms with Gasteiger partial charge in [0.05, 0.1) is 16.3 Å². The number of hydrogen-bond donors (Lipinski definition) is 0. The molecule has 6 aromatic rings. The van der Waals surface area contributed by atoms with E-state index in [0.29, 0.717) is 0 Å². The monoisotopic (exact) mass is 515 g/mol. The number of para-hydroxylation sites is 3. The van der Waals surface area contributed by atoms with Crippen LogP contribution in [0.5, 0.6) is 11.5 Å². The van der Waals surface area contributed by atoms with Gasteiger partial charge in [-0.05, 0) is 71.6 Å². The van der Waals surface area contributed by atoms with Gasteiger partial charge >= 0.3 is 8.38 Å². The topological polar surface area (TPSA) is 23.4 Å². The molecule has 0 saturated carbocycles. The predicted molar refractivity (Wildman–Crippen MR) is 160 cm³/mol. The van der Waals surface area contributed by atoms with E-state index in [4.69, 9.17) is 9.05 Å². The Morgan fingerprint density at radius 1 is 0.553 bits per heavy atom. The summed E-state index contributed by atoms with van der Waals surface area (Å²) in [6, 6.07) is 43.9. The minimum Gasteiger partial charge on any atom is -0.435 e. The summed E-state index contributed by atoms with van der Waals surface area (Å²) in [5.74, 6) is 1.58. The molecule has 0 fully saturated rings. The Balaban J connectivity index is 1.47. The number of hydrogen-bond acceptors (Lipinski definition) is 2. The molecule has 0 radical (unpaired) electrons. The van der Waals surface area contributed by atoms with Gasteiger partial charge in [0.15, 0.2) is 0 Å². The summed E-state index contributed by atoms with van der Waals surface area (Å²) in [7, 11) is -1.41. The summed E-state index contributed by atoms with van der Waals surface area (Å²) in [5, 5.41) is 3.41. The van der Waals surface area contributed by atoms with Gasteiger partial charge in [0.1, 0.15) is 11.5 Å². The first kappa shape index (κ1) is 24.3. The van der Waals surface area contributed by atoms with Crippen molar-refractivity contribution in [3.63, 3.8) is 0 Å². The third kappa shape index (κ3) is 4.78. The van der Waals surface area contributed by atoms with Gasteiger partial charge in [-0.15, -0.1) is 0 Å². The maximum Gasteiger partial charge on any atom is 0.326 e. The molecule has 188 valence electrons. The van der Waals surface area contributed by atoms with Crippen LogP contribution in [-0.2, 0) is 5.41 Å². The van der Waals surface area contributed by atoms with Crippen molar-refractivity contribution in [1.29, 1.82) is 0 Å². The van der Waals surface area contributed by atoms with E-state index in [9.17, 15) is 0 Å². The average molecular weight is 516 g/mol. The van der Waals surface area contributed by atoms with Gasteiger partial charge in [-0.2, -0.15) is 0 Å². The number of nitrogens with zero attached hydrogens (tertiary/aromatic N) is 1. The minimum absolute atomic E-state index is 0.114. The van der Waals surface area contributed by atoms with Gasteiger partial charge in [-0.1, -0.05) is 87.5 Å². The summed E-state index contributed by atoms with van der Waals surface area (Å²) in [4.78, 5) is 0. The van der Waals surface area contributed by atoms with E-state index in [-0.39, 0.29) is 5.41 Å². The van der Waals surface area contributed by atoms with Crippen LogP contribution < -0.4 is 14.4 Å². The van der Waals surface area contributed by atoms with Crippen LogP contribution in [0, 0.1) is 0 Å². The lowest BCUT2D eigenvalue weighted by atomic mass is 9.87. The van der Waals surface area contributed by atoms with Crippen LogP contribution in [0.2, 0.25) is 0 Å². The van der Waals surface area contributed by atoms with Gasteiger partial charge in [-0.3, -0.25) is 0 Å². The van der Waals surface area contributed by atoms with Crippen LogP contribution >= 0.6 is 8.38 Å². The van der Waals surface area contributed by atoms with Crippen LogP contribution in [0.25, 0.3) is 27.5 Å². The van der Waals surface area contributed by atoms with E-state index in [1.54, 1.807) is 0 Å². The highest BCUT2D eigenvalue weighted by molar-refractivity contribution is 7.56. The van der Waals surface area contributed by atoms with E-state index < -0.39 is 8.38 Å². The number of rotatable bonds is 6. The van der Waals surface area contributed by atoms with Crippen LogP contribution in [0.15, 0.2) is 127 Å². The molecule has 0 saturated heterocycles. The van der Waals surface area contributed by atoms with E-state index >= 15 is 0 Å². The van der Waals surface area contributed by atoms with Crippen molar-refractivity contribution in [3.05, 3.63) is 133 Å². The Kier molecular flexibility index (Phi) is 6.39. The van der Waals surface area contributed by atoms with Crippen molar-refractivity contribution < 1.29 is 9.05 Å². The molecule has 0 amide bonds. The second-order valence-electron chi connectivity index (χ2n) is 10.4. The van der Waals surface area contributed by atoms with Gasteiger partial charge in [0.2, 0.25) is 0 Å². The number of aromatic nitrogens is 1. The van der Waals surface area contributed by atoms with E-state index in [2.05, 4.69) is 92.1 Å². The highest BCUT2D eigenvalue weighted by Gasteiger charge is 2.21. The summed E-state index contributed by atoms with van der Waals surface area (Å²) in [6.07, 6.45) is 0. The molecule has 0 spiro atoms. The molecule has 5 aromatic carbocycles. The van der Waals surface area contributed by atoms with Gasteiger partial charge < -0.3 is 13.6 Å². The molecule has 6 rings (SSSR count). The zero-order chi connectivity index (χ0) is 26.1. The van der Waals surface area contributed by atoms with Gasteiger partial charge in [-0.25, -0.2) is 0 Å². The molecule has 0 bridgehead atoms. The summed E-state index contributed by atoms with van der Waals surface area (Å²) < 4.78 is 15.2. The molecule has 1 aromatic heterocycles. The third-order valence-electron chi connectivity index (χ3n) is 6.72. The summed E-state index contributed by atoms with van der Waals surface area (Å²) in [6.45, 7) is 6.74. The van der Waals surface area contributed by atoms with Crippen LogP contribution in [0.1, 0.15) is 26.3 Å². The third-order valence-corrected chi connectivity index (χ3v) is 8.17. The highest BCUT2D eigenvalue weighted by atomic mass is 31.2. The summed E-state index contributed by atoms with van der Waals surface area (Å²) >= 11 is 0. The molecule has 0 aliphatic carbocycles. The van der Waals surface area contributed by atoms with Crippen molar-refractivity contribution in [2.75, 3.05) is 0 Å². The van der Waals surface area contributed by atoms with Gasteiger partial charge in [0.25, 0.3) is 0 Å². The van der Waals surface area contributed by atoms with Crippen LogP contribution in [0.4, 0.5) is 0 Å². The Morgan fingerprint density at radius 3 is 1.71 bits per heavy atom. The average Bonchev–Trinajstić information content (AvgIpc) is 3.27. The first-order valence-corrected chi connectivity index (χ1v) is 14.1. The molecule has 38 heavy (non-hydrogen) atoms. The lowest BCUT2D eigenvalue weighted by molar-refractivity contribution is 0.502. The molecule has 1 heterocycles. The molecule has 4 heteroatoms. The molecular formula is C34H30NO2P. The zero-order valence-corrected chi connectivity index (χ0v) is 22.7. The fourth-order valence-electron chi connectivity index (χ4n) is 4.74. The number of benzene rings is 5. The standard InChI is InChI=1S/C34H30NO2P/c1-34(2,3)25-18-20-26(21-19-25)35-32-17-11-10-16-30(32)31-24-29(22-23-33(31)35)38(36-27-12-6-4-7-13-27)37-28-14-8-5-9-15-28/h4-24H,1-3H3. The predicted octanol–water partition coefficient (Wildman–Crippen LogP) is 9.18. The molecule has 0 atom stereocenters. The van der Waals surface area contributed by atoms with E-state index in [1.165, 1.54) is 21.9 Å². The normalized spacial score (nSPS) is 11.8. The molecular weight excluding hydrogens is 485 g/mol. The highest BCUT2D eigenvalue weighted by Crippen LogP contribution is 2.41. The quantitative estimate of drug-likeness (QED) is 0.206. The lowest BCUT2D eigenvalue weighted by Gasteiger charge is -2.20. The van der Waals surface area contributed by atoms with Gasteiger partial charge in [0, 0.05) is 16.5 Å². The van der Waals surface area contributed by atoms with Crippen molar-refractivity contribution in [2.24, 2.45) is 0 Å². The van der Waals surface area contributed by atoms with Crippen LogP contribution in [0.3, 0.4) is 0 Å². The summed E-state index contributed by atoms with van der Waals surface area (Å²) in [5.41, 5.74) is 4.93. The SMILES string of the molecule is CC(C)(C)c1ccc(-n2c3ccccc3c3cc(P(Oc4ccccc4)Oc4ccccc4)ccc32)cc1. The van der Waals surface area contributed by atoms with E-state index in [1.807, 2.05) is 60.7 Å². The molecule has 0 aliphatic rings. The molecule has 0 N–H and O–H groups in total. The van der Waals surface area contributed by atoms with Crippen molar-refractivity contribution >= 4 is 35.5 Å². The Morgan fingerprint density at radius 2 is 1.11 bits per heavy atom. The zero-order valence-electron chi connectivity index (χ0n) is 21.8. The Bertz CT molecular complexity index is 1640. The fraction of sp³-hybridized carbons (Fsp3) is 0.118. The van der Waals surface area contributed by atoms with Crippen molar-refractivity contribution in [1.82, 2.24) is 4.57 Å². The lowest BCUT2D eigenvalue weighted by Crippen LogP contribution is -2.11. The number of fused-ring (bicyclic) bond motifs is 3. The maximum atomic E-state index is 6.44. The molecule has 3 nitrogen and oxygen atoms in total. The first-order chi connectivity index (χ1) is 18.5. The second-order valence-corrected chi connectivity index (χ2v) is 11.8. The van der Waals surface area contributed by atoms with Crippen LogP contribution in [-0.4, -0.2) is 4.57 Å². The second kappa shape index (κ2) is 10.0. The first-order valence-electron chi connectivity index (χ1n) is 12.9. The molecule has 0 unspecified atom stereocenters. The maximum absolute atomic E-state index is 6.44. The van der Waals surface area contributed by atoms with Crippen molar-refractivity contribution in [2.45, 2.75) is 26.2 Å². The van der Waals surface area contributed by atoms with Crippen molar-refractivity contribution in [3.8, 4) is 17.2 Å². The Labute approximate surface area is 225 Å². The Hall–Kier alpha value is -4.07. The van der Waals surface area contributed by atoms with E-state index in [0.717, 1.165) is 28.0 Å². The fourth-order valence-corrected chi connectivity index (χ4v) is 6.05. The smallest absolute Gasteiger partial charge is 0.326 e. The molecule has 0 aliphatic heterocycles. The largest absolute Gasteiger partial charge is 0.435 e. The minimum atomic E-state index is -1.41.